The molecule has 0 atom stereocenters. The Labute approximate surface area is 136 Å². The highest BCUT2D eigenvalue weighted by atomic mass is 16.3. The van der Waals surface area contributed by atoms with E-state index in [0.717, 1.165) is 17.7 Å². The monoisotopic (exact) mass is 314 g/mol. The fourth-order valence-electron chi connectivity index (χ4n) is 2.25. The van der Waals surface area contributed by atoms with Crippen molar-refractivity contribution in [3.05, 3.63) is 54.0 Å². The van der Waals surface area contributed by atoms with Crippen molar-refractivity contribution < 1.29 is 14.0 Å². The third-order valence-corrected chi connectivity index (χ3v) is 3.49. The largest absolute Gasteiger partial charge is 0.472 e. The third-order valence-electron chi connectivity index (χ3n) is 3.49. The molecule has 0 aliphatic rings. The molecule has 0 spiro atoms. The first-order chi connectivity index (χ1) is 11.1. The summed E-state index contributed by atoms with van der Waals surface area (Å²) in [5.41, 5.74) is 2.42. The molecular formula is C18H22N2O3. The van der Waals surface area contributed by atoms with Crippen LogP contribution in [-0.2, 0) is 4.79 Å². The van der Waals surface area contributed by atoms with E-state index in [1.165, 1.54) is 12.5 Å². The van der Waals surface area contributed by atoms with Crippen molar-refractivity contribution >= 4 is 17.5 Å². The van der Waals surface area contributed by atoms with Gasteiger partial charge in [-0.05, 0) is 31.5 Å². The van der Waals surface area contributed by atoms with Crippen LogP contribution < -0.4 is 5.32 Å². The van der Waals surface area contributed by atoms with Crippen LogP contribution in [0.1, 0.15) is 35.7 Å². The van der Waals surface area contributed by atoms with E-state index in [-0.39, 0.29) is 18.2 Å². The van der Waals surface area contributed by atoms with Gasteiger partial charge < -0.3 is 14.6 Å². The maximum atomic E-state index is 12.3. The average molecular weight is 314 g/mol. The van der Waals surface area contributed by atoms with E-state index in [1.54, 1.807) is 11.0 Å². The Morgan fingerprint density at radius 1 is 1.13 bits per heavy atom. The number of aryl methyl sites for hydroxylation is 1. The number of hydrogen-bond donors (Lipinski definition) is 1. The molecule has 23 heavy (non-hydrogen) atoms. The predicted octanol–water partition coefficient (Wildman–Crippen LogP) is 3.47. The minimum Gasteiger partial charge on any atom is -0.472 e. The van der Waals surface area contributed by atoms with E-state index in [4.69, 9.17) is 4.42 Å². The van der Waals surface area contributed by atoms with Gasteiger partial charge in [0.15, 0.2) is 0 Å². The van der Waals surface area contributed by atoms with Crippen molar-refractivity contribution in [2.24, 2.45) is 0 Å². The quantitative estimate of drug-likeness (QED) is 0.851. The molecule has 0 fully saturated rings. The second kappa shape index (κ2) is 8.17. The molecule has 0 bridgehead atoms. The molecule has 0 aliphatic carbocycles. The summed E-state index contributed by atoms with van der Waals surface area (Å²) in [5.74, 6) is -0.210. The smallest absolute Gasteiger partial charge is 0.257 e. The molecule has 1 heterocycles. The van der Waals surface area contributed by atoms with Crippen molar-refractivity contribution in [2.45, 2.75) is 26.7 Å². The number of nitrogens with one attached hydrogen (secondary N) is 1. The van der Waals surface area contributed by atoms with Crippen LogP contribution in [0, 0.1) is 6.92 Å². The third kappa shape index (κ3) is 4.98. The number of anilines is 1. The zero-order valence-electron chi connectivity index (χ0n) is 13.5. The van der Waals surface area contributed by atoms with Gasteiger partial charge in [-0.25, -0.2) is 0 Å². The summed E-state index contributed by atoms with van der Waals surface area (Å²) in [6.07, 6.45) is 4.00. The summed E-state index contributed by atoms with van der Waals surface area (Å²) in [5, 5.41) is 2.84. The molecule has 0 radical (unpaired) electrons. The molecule has 2 amide bonds. The Hall–Kier alpha value is -2.56. The van der Waals surface area contributed by atoms with E-state index in [2.05, 4.69) is 5.32 Å². The number of carbonyl (C=O) groups excluding carboxylic acids is 2. The molecule has 0 saturated heterocycles. The Morgan fingerprint density at radius 2 is 1.87 bits per heavy atom. The molecule has 122 valence electrons. The van der Waals surface area contributed by atoms with Crippen LogP contribution >= 0.6 is 0 Å². The Balaban J connectivity index is 1.89. The number of carbonyl (C=O) groups is 2. The lowest BCUT2D eigenvalue weighted by atomic mass is 10.2. The number of amides is 2. The first-order valence-corrected chi connectivity index (χ1v) is 7.78. The minimum atomic E-state index is -0.108. The Bertz CT molecular complexity index is 633. The van der Waals surface area contributed by atoms with Crippen LogP contribution in [0.4, 0.5) is 5.69 Å². The number of furan rings is 1. The predicted molar refractivity (Wildman–Crippen MR) is 89.3 cm³/mol. The first kappa shape index (κ1) is 16.8. The van der Waals surface area contributed by atoms with Gasteiger partial charge in [-0.2, -0.15) is 0 Å². The van der Waals surface area contributed by atoms with E-state index >= 15 is 0 Å². The van der Waals surface area contributed by atoms with Gasteiger partial charge in [-0.3, -0.25) is 9.59 Å². The molecule has 0 unspecified atom stereocenters. The number of hydrogen-bond acceptors (Lipinski definition) is 3. The minimum absolute atomic E-state index is 0.102. The van der Waals surface area contributed by atoms with Gasteiger partial charge in [0.1, 0.15) is 6.26 Å². The van der Waals surface area contributed by atoms with Crippen LogP contribution in [0.15, 0.2) is 47.3 Å². The van der Waals surface area contributed by atoms with E-state index in [1.807, 2.05) is 38.1 Å². The lowest BCUT2D eigenvalue weighted by Crippen LogP contribution is -2.34. The topological polar surface area (TPSA) is 62.6 Å². The molecule has 5 nitrogen and oxygen atoms in total. The molecule has 2 rings (SSSR count). The first-order valence-electron chi connectivity index (χ1n) is 7.78. The van der Waals surface area contributed by atoms with E-state index in [0.29, 0.717) is 18.7 Å². The highest BCUT2D eigenvalue weighted by Gasteiger charge is 2.17. The van der Waals surface area contributed by atoms with Gasteiger partial charge in [0.25, 0.3) is 5.91 Å². The molecule has 1 aromatic carbocycles. The van der Waals surface area contributed by atoms with Crippen LogP contribution in [0.5, 0.6) is 0 Å². The molecule has 2 aromatic rings. The summed E-state index contributed by atoms with van der Waals surface area (Å²) in [4.78, 5) is 26.1. The summed E-state index contributed by atoms with van der Waals surface area (Å²) < 4.78 is 4.95. The highest BCUT2D eigenvalue weighted by molar-refractivity contribution is 5.95. The van der Waals surface area contributed by atoms with Gasteiger partial charge in [0.05, 0.1) is 11.8 Å². The molecule has 1 aromatic heterocycles. The van der Waals surface area contributed by atoms with Crippen LogP contribution in [0.3, 0.4) is 0 Å². The Morgan fingerprint density at radius 3 is 2.48 bits per heavy atom. The number of benzene rings is 1. The standard InChI is InChI=1S/C18H22N2O3/c1-3-10-20(18(22)15-9-12-23-13-15)11-8-17(21)19-16-6-4-14(2)5-7-16/h4-7,9,12-13H,3,8,10-11H2,1-2H3,(H,19,21). The molecular weight excluding hydrogens is 292 g/mol. The summed E-state index contributed by atoms with van der Waals surface area (Å²) in [7, 11) is 0. The summed E-state index contributed by atoms with van der Waals surface area (Å²) in [6, 6.07) is 9.27. The average Bonchev–Trinajstić information content (AvgIpc) is 3.07. The van der Waals surface area contributed by atoms with Gasteiger partial charge >= 0.3 is 0 Å². The SMILES string of the molecule is CCCN(CCC(=O)Nc1ccc(C)cc1)C(=O)c1ccoc1. The molecule has 5 heteroatoms. The van der Waals surface area contributed by atoms with Crippen molar-refractivity contribution in [2.75, 3.05) is 18.4 Å². The van der Waals surface area contributed by atoms with Crippen molar-refractivity contribution in [1.82, 2.24) is 4.90 Å². The van der Waals surface area contributed by atoms with E-state index in [9.17, 15) is 9.59 Å². The summed E-state index contributed by atoms with van der Waals surface area (Å²) in [6.45, 7) is 5.00. The molecule has 1 N–H and O–H groups in total. The van der Waals surface area contributed by atoms with E-state index < -0.39 is 0 Å². The van der Waals surface area contributed by atoms with Gasteiger partial charge in [-0.15, -0.1) is 0 Å². The van der Waals surface area contributed by atoms with Gasteiger partial charge in [0, 0.05) is 25.2 Å². The lowest BCUT2D eigenvalue weighted by molar-refractivity contribution is -0.116. The molecule has 0 saturated carbocycles. The fourth-order valence-corrected chi connectivity index (χ4v) is 2.25. The highest BCUT2D eigenvalue weighted by Crippen LogP contribution is 2.10. The van der Waals surface area contributed by atoms with Crippen LogP contribution in [-0.4, -0.2) is 29.8 Å². The maximum Gasteiger partial charge on any atom is 0.257 e. The molecule has 0 aliphatic heterocycles. The normalized spacial score (nSPS) is 10.3. The number of nitrogens with zero attached hydrogens (tertiary/aromatic N) is 1. The van der Waals surface area contributed by atoms with Gasteiger partial charge in [-0.1, -0.05) is 24.6 Å². The zero-order valence-corrected chi connectivity index (χ0v) is 13.5. The second-order valence-corrected chi connectivity index (χ2v) is 5.47. The van der Waals surface area contributed by atoms with Crippen molar-refractivity contribution in [1.29, 1.82) is 0 Å². The second-order valence-electron chi connectivity index (χ2n) is 5.47. The van der Waals surface area contributed by atoms with Crippen LogP contribution in [0.25, 0.3) is 0 Å². The maximum absolute atomic E-state index is 12.3. The van der Waals surface area contributed by atoms with Gasteiger partial charge in [0.2, 0.25) is 5.91 Å². The van der Waals surface area contributed by atoms with Crippen molar-refractivity contribution in [3.8, 4) is 0 Å². The lowest BCUT2D eigenvalue weighted by Gasteiger charge is -2.21. The number of rotatable bonds is 7. The Kier molecular flexibility index (Phi) is 5.97. The van der Waals surface area contributed by atoms with Crippen LogP contribution in [0.2, 0.25) is 0 Å². The fraction of sp³-hybridized carbons (Fsp3) is 0.333. The summed E-state index contributed by atoms with van der Waals surface area (Å²) >= 11 is 0. The van der Waals surface area contributed by atoms with Crippen molar-refractivity contribution in [3.63, 3.8) is 0 Å². The zero-order chi connectivity index (χ0) is 16.7.